The van der Waals surface area contributed by atoms with Crippen LogP contribution in [-0.2, 0) is 0 Å². The fraction of sp³-hybridized carbons (Fsp3) is 0.167. The molecule has 0 fully saturated rings. The minimum Gasteiger partial charge on any atom is -0.333 e. The van der Waals surface area contributed by atoms with E-state index in [0.29, 0.717) is 10.3 Å². The van der Waals surface area contributed by atoms with Gasteiger partial charge in [0, 0.05) is 5.70 Å². The van der Waals surface area contributed by atoms with E-state index in [0.717, 1.165) is 24.2 Å². The number of aromatic nitrogens is 1. The second-order valence-electron chi connectivity index (χ2n) is 3.59. The molecular formula is C12H12ClN3S. The number of hydrogen-bond donors (Lipinski definition) is 2. The van der Waals surface area contributed by atoms with Gasteiger partial charge in [0.15, 0.2) is 5.11 Å². The van der Waals surface area contributed by atoms with Crippen molar-refractivity contribution in [3.63, 3.8) is 0 Å². The van der Waals surface area contributed by atoms with Crippen molar-refractivity contribution in [3.8, 4) is 0 Å². The third-order valence-corrected chi connectivity index (χ3v) is 2.67. The lowest BCUT2D eigenvalue weighted by Crippen LogP contribution is -2.27. The van der Waals surface area contributed by atoms with Crippen LogP contribution in [0, 0.1) is 0 Å². The second kappa shape index (κ2) is 5.80. The Hall–Kier alpha value is -1.39. The number of pyridine rings is 1. The largest absolute Gasteiger partial charge is 0.333 e. The van der Waals surface area contributed by atoms with Crippen LogP contribution in [0.25, 0.3) is 0 Å². The van der Waals surface area contributed by atoms with Crippen LogP contribution in [0.4, 0.5) is 5.69 Å². The molecule has 0 aromatic carbocycles. The molecule has 1 aliphatic rings. The van der Waals surface area contributed by atoms with Gasteiger partial charge in [-0.3, -0.25) is 0 Å². The lowest BCUT2D eigenvalue weighted by molar-refractivity contribution is 0.987. The van der Waals surface area contributed by atoms with Crippen molar-refractivity contribution in [1.29, 1.82) is 0 Å². The molecular weight excluding hydrogens is 254 g/mol. The van der Waals surface area contributed by atoms with Crippen LogP contribution >= 0.6 is 23.8 Å². The molecule has 0 atom stereocenters. The lowest BCUT2D eigenvalue weighted by atomic mass is 10.1. The van der Waals surface area contributed by atoms with Crippen molar-refractivity contribution < 1.29 is 0 Å². The van der Waals surface area contributed by atoms with Gasteiger partial charge in [-0.1, -0.05) is 23.8 Å². The number of halogens is 1. The Labute approximate surface area is 111 Å². The number of nitrogens with one attached hydrogen (secondary N) is 2. The standard InChI is InChI=1S/C12H12ClN3S/c13-11-7-6-10(8-14-11)16-12(17)15-9-4-2-1-3-5-9/h2,4-8H,1,3H2,(H2,15,16,17). The first-order chi connectivity index (χ1) is 8.24. The van der Waals surface area contributed by atoms with E-state index in [-0.39, 0.29) is 0 Å². The Bertz CT molecular complexity index is 465. The minimum absolute atomic E-state index is 0.465. The number of allylic oxidation sites excluding steroid dienone is 3. The number of thiocarbonyl (C=S) groups is 1. The number of rotatable bonds is 2. The van der Waals surface area contributed by atoms with Crippen molar-refractivity contribution in [1.82, 2.24) is 10.3 Å². The molecule has 1 aromatic rings. The predicted octanol–water partition coefficient (Wildman–Crippen LogP) is 3.26. The molecule has 17 heavy (non-hydrogen) atoms. The second-order valence-corrected chi connectivity index (χ2v) is 4.38. The minimum atomic E-state index is 0.465. The first kappa shape index (κ1) is 12.1. The van der Waals surface area contributed by atoms with Crippen LogP contribution < -0.4 is 10.6 Å². The molecule has 0 aliphatic heterocycles. The third-order valence-electron chi connectivity index (χ3n) is 2.24. The fourth-order valence-corrected chi connectivity index (χ4v) is 1.80. The zero-order chi connectivity index (χ0) is 12.1. The average Bonchev–Trinajstić information content (AvgIpc) is 2.33. The Balaban J connectivity index is 1.91. The van der Waals surface area contributed by atoms with Gasteiger partial charge in [0.2, 0.25) is 0 Å². The molecule has 1 heterocycles. The molecule has 0 saturated carbocycles. The monoisotopic (exact) mass is 265 g/mol. The van der Waals surface area contributed by atoms with Crippen LogP contribution in [0.5, 0.6) is 0 Å². The molecule has 0 amide bonds. The molecule has 0 unspecified atom stereocenters. The molecule has 88 valence electrons. The highest BCUT2D eigenvalue weighted by molar-refractivity contribution is 7.80. The topological polar surface area (TPSA) is 37.0 Å². The highest BCUT2D eigenvalue weighted by Crippen LogP contribution is 2.10. The van der Waals surface area contributed by atoms with Gasteiger partial charge in [0.05, 0.1) is 11.9 Å². The first-order valence-electron chi connectivity index (χ1n) is 5.30. The molecule has 0 bridgehead atoms. The summed E-state index contributed by atoms with van der Waals surface area (Å²) in [4.78, 5) is 3.97. The highest BCUT2D eigenvalue weighted by Gasteiger charge is 2.01. The van der Waals surface area contributed by atoms with Gasteiger partial charge in [-0.05, 0) is 43.3 Å². The third kappa shape index (κ3) is 3.84. The molecule has 5 heteroatoms. The smallest absolute Gasteiger partial charge is 0.175 e. The van der Waals surface area contributed by atoms with Gasteiger partial charge in [-0.25, -0.2) is 4.98 Å². The normalized spacial score (nSPS) is 14.1. The van der Waals surface area contributed by atoms with Crippen LogP contribution in [0.2, 0.25) is 5.15 Å². The zero-order valence-electron chi connectivity index (χ0n) is 9.11. The molecule has 0 spiro atoms. The van der Waals surface area contributed by atoms with Gasteiger partial charge in [0.25, 0.3) is 0 Å². The van der Waals surface area contributed by atoms with Crippen LogP contribution in [-0.4, -0.2) is 10.1 Å². The van der Waals surface area contributed by atoms with Crippen molar-refractivity contribution in [2.45, 2.75) is 12.8 Å². The Morgan fingerprint density at radius 3 is 2.82 bits per heavy atom. The van der Waals surface area contributed by atoms with Gasteiger partial charge in [0.1, 0.15) is 5.15 Å². The number of hydrogen-bond acceptors (Lipinski definition) is 2. The van der Waals surface area contributed by atoms with E-state index in [1.165, 1.54) is 0 Å². The van der Waals surface area contributed by atoms with E-state index in [9.17, 15) is 0 Å². The summed E-state index contributed by atoms with van der Waals surface area (Å²) < 4.78 is 0. The molecule has 1 aromatic heterocycles. The quantitative estimate of drug-likeness (QED) is 0.636. The summed E-state index contributed by atoms with van der Waals surface area (Å²) in [6.45, 7) is 0. The van der Waals surface area contributed by atoms with E-state index >= 15 is 0 Å². The van der Waals surface area contributed by atoms with E-state index < -0.39 is 0 Å². The van der Waals surface area contributed by atoms with Crippen LogP contribution in [0.15, 0.2) is 42.3 Å². The van der Waals surface area contributed by atoms with Crippen molar-refractivity contribution >= 4 is 34.6 Å². The van der Waals surface area contributed by atoms with Crippen molar-refractivity contribution in [2.24, 2.45) is 0 Å². The predicted molar refractivity (Wildman–Crippen MR) is 75.1 cm³/mol. The summed E-state index contributed by atoms with van der Waals surface area (Å²) in [5.74, 6) is 0. The van der Waals surface area contributed by atoms with Crippen molar-refractivity contribution in [3.05, 3.63) is 47.4 Å². The van der Waals surface area contributed by atoms with Gasteiger partial charge in [-0.2, -0.15) is 0 Å². The molecule has 2 rings (SSSR count). The summed E-state index contributed by atoms with van der Waals surface area (Å²) >= 11 is 10.9. The molecule has 1 aliphatic carbocycles. The van der Waals surface area contributed by atoms with Crippen molar-refractivity contribution in [2.75, 3.05) is 5.32 Å². The molecule has 0 saturated heterocycles. The molecule has 2 N–H and O–H groups in total. The van der Waals surface area contributed by atoms with E-state index in [4.69, 9.17) is 23.8 Å². The summed E-state index contributed by atoms with van der Waals surface area (Å²) in [7, 11) is 0. The Kier molecular flexibility index (Phi) is 4.12. The highest BCUT2D eigenvalue weighted by atomic mass is 35.5. The van der Waals surface area contributed by atoms with E-state index in [1.54, 1.807) is 12.3 Å². The number of anilines is 1. The van der Waals surface area contributed by atoms with Gasteiger partial charge < -0.3 is 10.6 Å². The van der Waals surface area contributed by atoms with Crippen LogP contribution in [0.3, 0.4) is 0 Å². The molecule has 0 radical (unpaired) electrons. The molecule has 3 nitrogen and oxygen atoms in total. The van der Waals surface area contributed by atoms with E-state index in [2.05, 4.69) is 27.8 Å². The zero-order valence-corrected chi connectivity index (χ0v) is 10.7. The summed E-state index contributed by atoms with van der Waals surface area (Å²) in [6, 6.07) is 3.54. The summed E-state index contributed by atoms with van der Waals surface area (Å²) in [6.07, 6.45) is 10.0. The maximum Gasteiger partial charge on any atom is 0.175 e. The maximum absolute atomic E-state index is 5.70. The Morgan fingerprint density at radius 2 is 2.18 bits per heavy atom. The SMILES string of the molecule is S=C(NC1=CCCC=C1)Nc1ccc(Cl)nc1. The van der Waals surface area contributed by atoms with Crippen LogP contribution in [0.1, 0.15) is 12.8 Å². The number of nitrogens with zero attached hydrogens (tertiary/aromatic N) is 1. The average molecular weight is 266 g/mol. The first-order valence-corrected chi connectivity index (χ1v) is 6.09. The lowest BCUT2D eigenvalue weighted by Gasteiger charge is -2.12. The summed E-state index contributed by atoms with van der Waals surface area (Å²) in [5.41, 5.74) is 1.84. The summed E-state index contributed by atoms with van der Waals surface area (Å²) in [5, 5.41) is 7.17. The van der Waals surface area contributed by atoms with E-state index in [1.807, 2.05) is 12.1 Å². The Morgan fingerprint density at radius 1 is 1.29 bits per heavy atom. The van der Waals surface area contributed by atoms with Gasteiger partial charge in [-0.15, -0.1) is 0 Å². The van der Waals surface area contributed by atoms with Gasteiger partial charge >= 0.3 is 0 Å². The fourth-order valence-electron chi connectivity index (χ4n) is 1.45. The maximum atomic E-state index is 5.70.